The molecule has 1 N–H and O–H groups in total. The van der Waals surface area contributed by atoms with E-state index in [1.54, 1.807) is 0 Å². The first-order valence-corrected chi connectivity index (χ1v) is 12.3. The summed E-state index contributed by atoms with van der Waals surface area (Å²) in [6.45, 7) is 0. The van der Waals surface area contributed by atoms with Gasteiger partial charge in [0.2, 0.25) is 0 Å². The van der Waals surface area contributed by atoms with Crippen LogP contribution in [0.4, 0.5) is 0 Å². The van der Waals surface area contributed by atoms with Crippen LogP contribution in [0.3, 0.4) is 0 Å². The lowest BCUT2D eigenvalue weighted by Gasteiger charge is -2.28. The summed E-state index contributed by atoms with van der Waals surface area (Å²) >= 11 is 0. The topological polar surface area (TPSA) is 46.5 Å². The number of phenols is 1. The highest BCUT2D eigenvalue weighted by Gasteiger charge is 2.52. The van der Waals surface area contributed by atoms with Gasteiger partial charge in [-0.25, -0.2) is 4.79 Å². The summed E-state index contributed by atoms with van der Waals surface area (Å²) in [5, 5.41) is 14.6. The normalized spacial score (nSPS) is 14.0. The fraction of sp³-hybridized carbons (Fsp3) is 0.0294. The Hall–Kier alpha value is -4.89. The summed E-state index contributed by atoms with van der Waals surface area (Å²) in [5.41, 5.74) is 3.39. The Balaban J connectivity index is 1.66. The fourth-order valence-corrected chi connectivity index (χ4v) is 5.85. The molecule has 0 saturated heterocycles. The molecular formula is C34H22O3. The van der Waals surface area contributed by atoms with Crippen molar-refractivity contribution < 1.29 is 14.6 Å². The number of benzene rings is 6. The molecule has 1 aliphatic rings. The second-order valence-electron chi connectivity index (χ2n) is 9.40. The first-order chi connectivity index (χ1) is 18.2. The number of carbonyl (C=O) groups is 1. The Bertz CT molecular complexity index is 1770. The predicted octanol–water partition coefficient (Wildman–Crippen LogP) is 7.62. The Kier molecular flexibility index (Phi) is 4.67. The highest BCUT2D eigenvalue weighted by Crippen LogP contribution is 2.53. The van der Waals surface area contributed by atoms with Gasteiger partial charge in [-0.05, 0) is 45.2 Å². The first-order valence-electron chi connectivity index (χ1n) is 12.3. The van der Waals surface area contributed by atoms with Crippen LogP contribution in [0.1, 0.15) is 16.7 Å². The van der Waals surface area contributed by atoms with Crippen molar-refractivity contribution in [3.63, 3.8) is 0 Å². The minimum absolute atomic E-state index is 0.182. The Morgan fingerprint density at radius 1 is 0.568 bits per heavy atom. The molecule has 0 spiro atoms. The number of ether oxygens (including phenoxy) is 1. The Morgan fingerprint density at radius 3 is 1.73 bits per heavy atom. The van der Waals surface area contributed by atoms with Crippen LogP contribution in [0, 0.1) is 0 Å². The minimum atomic E-state index is -1.12. The molecule has 0 radical (unpaired) electrons. The van der Waals surface area contributed by atoms with E-state index in [-0.39, 0.29) is 11.7 Å². The lowest BCUT2D eigenvalue weighted by molar-refractivity contribution is -0.135. The third-order valence-corrected chi connectivity index (χ3v) is 7.48. The third kappa shape index (κ3) is 2.98. The van der Waals surface area contributed by atoms with Crippen molar-refractivity contribution >= 4 is 27.5 Å². The van der Waals surface area contributed by atoms with E-state index < -0.39 is 5.41 Å². The van der Waals surface area contributed by atoms with E-state index in [0.29, 0.717) is 11.1 Å². The van der Waals surface area contributed by atoms with Crippen molar-refractivity contribution in [2.75, 3.05) is 0 Å². The maximum atomic E-state index is 13.9. The summed E-state index contributed by atoms with van der Waals surface area (Å²) in [6, 6.07) is 41.5. The largest absolute Gasteiger partial charge is 0.507 e. The maximum Gasteiger partial charge on any atom is 0.331 e. The molecule has 0 bridgehead atoms. The molecule has 0 atom stereocenters. The highest BCUT2D eigenvalue weighted by molar-refractivity contribution is 6.18. The standard InChI is InChI=1S/C34H22O3/c35-32-26-19-11-10-18-25(26)31(22-12-4-1-5-13-22)27-20-29-30(21-28(27)32)37-33(36)34(29,23-14-6-2-7-15-23)24-16-8-3-9-17-24/h1-21,35H. The zero-order valence-electron chi connectivity index (χ0n) is 19.9. The van der Waals surface area contributed by atoms with Crippen LogP contribution < -0.4 is 4.74 Å². The van der Waals surface area contributed by atoms with E-state index in [1.165, 1.54) is 0 Å². The lowest BCUT2D eigenvalue weighted by atomic mass is 9.70. The molecule has 3 heteroatoms. The molecule has 7 rings (SSSR count). The highest BCUT2D eigenvalue weighted by atomic mass is 16.5. The molecule has 1 heterocycles. The second-order valence-corrected chi connectivity index (χ2v) is 9.40. The van der Waals surface area contributed by atoms with Crippen molar-refractivity contribution in [1.29, 1.82) is 0 Å². The van der Waals surface area contributed by atoms with E-state index in [4.69, 9.17) is 4.74 Å². The zero-order chi connectivity index (χ0) is 25.0. The van der Waals surface area contributed by atoms with Gasteiger partial charge < -0.3 is 9.84 Å². The van der Waals surface area contributed by atoms with E-state index in [9.17, 15) is 9.90 Å². The second kappa shape index (κ2) is 8.07. The van der Waals surface area contributed by atoms with Gasteiger partial charge in [0.15, 0.2) is 0 Å². The molecule has 37 heavy (non-hydrogen) atoms. The van der Waals surface area contributed by atoms with Crippen molar-refractivity contribution in [2.45, 2.75) is 5.41 Å². The van der Waals surface area contributed by atoms with Gasteiger partial charge in [0.1, 0.15) is 16.9 Å². The van der Waals surface area contributed by atoms with Crippen LogP contribution in [-0.4, -0.2) is 11.1 Å². The number of rotatable bonds is 3. The summed E-state index contributed by atoms with van der Waals surface area (Å²) in [5.74, 6) is 0.302. The summed E-state index contributed by atoms with van der Waals surface area (Å²) in [7, 11) is 0. The van der Waals surface area contributed by atoms with Gasteiger partial charge >= 0.3 is 5.97 Å². The van der Waals surface area contributed by atoms with Gasteiger partial charge in [0.05, 0.1) is 0 Å². The number of hydrogen-bond acceptors (Lipinski definition) is 3. The molecule has 1 aliphatic heterocycles. The summed E-state index contributed by atoms with van der Waals surface area (Å²) < 4.78 is 6.00. The van der Waals surface area contributed by atoms with Gasteiger partial charge in [-0.3, -0.25) is 0 Å². The predicted molar refractivity (Wildman–Crippen MR) is 147 cm³/mol. The molecule has 0 saturated carbocycles. The molecule has 0 unspecified atom stereocenters. The average molecular weight is 479 g/mol. The van der Waals surface area contributed by atoms with Crippen LogP contribution in [0.25, 0.3) is 32.7 Å². The number of fused-ring (bicyclic) bond motifs is 3. The van der Waals surface area contributed by atoms with Crippen molar-refractivity contribution in [3.8, 4) is 22.6 Å². The fourth-order valence-electron chi connectivity index (χ4n) is 5.85. The lowest BCUT2D eigenvalue weighted by Crippen LogP contribution is -2.36. The zero-order valence-corrected chi connectivity index (χ0v) is 19.9. The number of aromatic hydroxyl groups is 1. The minimum Gasteiger partial charge on any atom is -0.507 e. The van der Waals surface area contributed by atoms with Crippen LogP contribution in [0.15, 0.2) is 127 Å². The van der Waals surface area contributed by atoms with Crippen LogP contribution >= 0.6 is 0 Å². The summed E-state index contributed by atoms with van der Waals surface area (Å²) in [6.07, 6.45) is 0. The van der Waals surface area contributed by atoms with Gasteiger partial charge in [-0.1, -0.05) is 115 Å². The number of esters is 1. The smallest absolute Gasteiger partial charge is 0.331 e. The van der Waals surface area contributed by atoms with Gasteiger partial charge in [-0.15, -0.1) is 0 Å². The third-order valence-electron chi connectivity index (χ3n) is 7.48. The molecule has 6 aromatic rings. The van der Waals surface area contributed by atoms with Gasteiger partial charge in [0, 0.05) is 16.3 Å². The number of hydrogen-bond donors (Lipinski definition) is 1. The van der Waals surface area contributed by atoms with Crippen molar-refractivity contribution in [2.24, 2.45) is 0 Å². The van der Waals surface area contributed by atoms with E-state index in [2.05, 4.69) is 12.1 Å². The maximum absolute atomic E-state index is 13.9. The average Bonchev–Trinajstić information content (AvgIpc) is 3.25. The molecule has 0 aliphatic carbocycles. The first kappa shape index (κ1) is 21.4. The van der Waals surface area contributed by atoms with Crippen molar-refractivity contribution in [3.05, 3.63) is 144 Å². The van der Waals surface area contributed by atoms with Crippen LogP contribution in [0.2, 0.25) is 0 Å². The number of phenolic OH excluding ortho intramolecular Hbond substituents is 1. The van der Waals surface area contributed by atoms with Crippen LogP contribution in [-0.2, 0) is 10.2 Å². The summed E-state index contributed by atoms with van der Waals surface area (Å²) in [4.78, 5) is 13.9. The molecule has 6 aromatic carbocycles. The molecule has 176 valence electrons. The monoisotopic (exact) mass is 478 g/mol. The molecule has 0 aromatic heterocycles. The van der Waals surface area contributed by atoms with E-state index in [0.717, 1.165) is 44.0 Å². The van der Waals surface area contributed by atoms with Gasteiger partial charge in [0.25, 0.3) is 0 Å². The number of carbonyl (C=O) groups excluding carboxylic acids is 1. The molecule has 0 amide bonds. The van der Waals surface area contributed by atoms with Crippen molar-refractivity contribution in [1.82, 2.24) is 0 Å². The molecule has 3 nitrogen and oxygen atoms in total. The van der Waals surface area contributed by atoms with Crippen LogP contribution in [0.5, 0.6) is 11.5 Å². The molecule has 0 fully saturated rings. The van der Waals surface area contributed by atoms with E-state index >= 15 is 0 Å². The van der Waals surface area contributed by atoms with Gasteiger partial charge in [-0.2, -0.15) is 0 Å². The Labute approximate surface area is 214 Å². The Morgan fingerprint density at radius 2 is 1.11 bits per heavy atom. The SMILES string of the molecule is O=C1Oc2cc3c(O)c4ccccc4c(-c4ccccc4)c3cc2C1(c1ccccc1)c1ccccc1. The molecular weight excluding hydrogens is 456 g/mol. The van der Waals surface area contributed by atoms with E-state index in [1.807, 2.05) is 115 Å². The quantitative estimate of drug-likeness (QED) is 0.162.